The van der Waals surface area contributed by atoms with Crippen LogP contribution in [0.3, 0.4) is 0 Å². The zero-order chi connectivity index (χ0) is 18.8. The molecule has 0 saturated carbocycles. The summed E-state index contributed by atoms with van der Waals surface area (Å²) in [5.74, 6) is -5.01. The fourth-order valence-electron chi connectivity index (χ4n) is 2.46. The van der Waals surface area contributed by atoms with Gasteiger partial charge in [-0.25, -0.2) is 13.2 Å². The Morgan fingerprint density at radius 3 is 2.72 bits per heavy atom. The van der Waals surface area contributed by atoms with Gasteiger partial charge in [0, 0.05) is 11.3 Å². The molecule has 1 aromatic carbocycles. The average Bonchev–Trinajstić information content (AvgIpc) is 2.52. The molecule has 1 aliphatic heterocycles. The summed E-state index contributed by atoms with van der Waals surface area (Å²) in [5.41, 5.74) is 4.13. The lowest BCUT2D eigenvalue weighted by atomic mass is 9.91. The molecule has 0 fully saturated rings. The quantitative estimate of drug-likeness (QED) is 0.621. The lowest BCUT2D eigenvalue weighted by Gasteiger charge is -2.31. The van der Waals surface area contributed by atoms with Crippen LogP contribution in [0.2, 0.25) is 0 Å². The van der Waals surface area contributed by atoms with E-state index in [1.165, 1.54) is 6.92 Å². The third-order valence-corrected chi connectivity index (χ3v) is 3.71. The molecule has 2 N–H and O–H groups in total. The number of nitrogens with two attached hydrogens (primary N) is 1. The number of carbonyl (C=O) groups excluding carboxylic acids is 1. The van der Waals surface area contributed by atoms with Gasteiger partial charge in [0.25, 0.3) is 0 Å². The van der Waals surface area contributed by atoms with Gasteiger partial charge in [-0.05, 0) is 25.1 Å². The molecule has 0 aliphatic carbocycles. The van der Waals surface area contributed by atoms with Crippen LogP contribution in [0.5, 0.6) is 0 Å². The molecular formula is C15H16F5N3O2. The van der Waals surface area contributed by atoms with Crippen molar-refractivity contribution >= 4 is 17.9 Å². The second kappa shape index (κ2) is 6.95. The zero-order valence-electron chi connectivity index (χ0n) is 13.2. The molecule has 0 saturated heterocycles. The minimum absolute atomic E-state index is 0.0232. The summed E-state index contributed by atoms with van der Waals surface area (Å²) < 4.78 is 70.7. The van der Waals surface area contributed by atoms with E-state index in [0.29, 0.717) is 4.90 Å². The maximum absolute atomic E-state index is 14.2. The number of hydrogen-bond acceptors (Lipinski definition) is 4. The third-order valence-electron chi connectivity index (χ3n) is 3.71. The number of carbonyl (C=O) groups is 1. The van der Waals surface area contributed by atoms with Crippen molar-refractivity contribution in [3.63, 3.8) is 0 Å². The van der Waals surface area contributed by atoms with E-state index in [0.717, 1.165) is 18.2 Å². The second-order valence-corrected chi connectivity index (χ2v) is 5.83. The van der Waals surface area contributed by atoms with E-state index in [-0.39, 0.29) is 36.7 Å². The molecule has 0 aromatic heterocycles. The molecule has 0 bridgehead atoms. The zero-order valence-corrected chi connectivity index (χ0v) is 13.2. The lowest BCUT2D eigenvalue weighted by Crippen LogP contribution is -2.41. The third kappa shape index (κ3) is 4.06. The Balaban J connectivity index is 2.41. The smallest absolute Gasteiger partial charge is 0.324 e. The van der Waals surface area contributed by atoms with Gasteiger partial charge in [-0.2, -0.15) is 8.78 Å². The Bertz CT molecular complexity index is 683. The molecule has 5 nitrogen and oxygen atoms in total. The SMILES string of the molecule is C[C@@]1(c2cc(N(C=O)CC(F)(F)C(F)F)ccc2F)COCC(N)=N1. The number of halogens is 5. The molecule has 10 heteroatoms. The minimum Gasteiger partial charge on any atom is -0.386 e. The van der Waals surface area contributed by atoms with E-state index in [2.05, 4.69) is 4.99 Å². The molecule has 25 heavy (non-hydrogen) atoms. The second-order valence-electron chi connectivity index (χ2n) is 5.83. The van der Waals surface area contributed by atoms with E-state index in [1.807, 2.05) is 0 Å². The number of nitrogens with zero attached hydrogens (tertiary/aromatic N) is 2. The maximum atomic E-state index is 14.2. The number of hydrogen-bond donors (Lipinski definition) is 1. The van der Waals surface area contributed by atoms with Gasteiger partial charge in [0.2, 0.25) is 6.41 Å². The molecule has 0 unspecified atom stereocenters. The minimum atomic E-state index is -4.41. The number of ether oxygens (including phenoxy) is 1. The highest BCUT2D eigenvalue weighted by atomic mass is 19.3. The van der Waals surface area contributed by atoms with Crippen LogP contribution in [-0.4, -0.2) is 44.4 Å². The molecule has 138 valence electrons. The van der Waals surface area contributed by atoms with Gasteiger partial charge in [-0.15, -0.1) is 0 Å². The van der Waals surface area contributed by atoms with Crippen molar-refractivity contribution in [3.05, 3.63) is 29.6 Å². The van der Waals surface area contributed by atoms with Gasteiger partial charge < -0.3 is 15.4 Å². The molecule has 1 aliphatic rings. The van der Waals surface area contributed by atoms with Crippen LogP contribution in [0.1, 0.15) is 12.5 Å². The Morgan fingerprint density at radius 2 is 2.16 bits per heavy atom. The number of alkyl halides is 4. The number of aliphatic imine (C=N–C) groups is 1. The van der Waals surface area contributed by atoms with E-state index < -0.39 is 30.2 Å². The van der Waals surface area contributed by atoms with E-state index >= 15 is 0 Å². The molecule has 1 heterocycles. The van der Waals surface area contributed by atoms with Crippen molar-refractivity contribution in [1.29, 1.82) is 0 Å². The fraction of sp³-hybridized carbons (Fsp3) is 0.467. The van der Waals surface area contributed by atoms with Crippen LogP contribution in [0.15, 0.2) is 23.2 Å². The summed E-state index contributed by atoms with van der Waals surface area (Å²) in [6, 6.07) is 3.07. The summed E-state index contributed by atoms with van der Waals surface area (Å²) in [5, 5.41) is 0. The van der Waals surface area contributed by atoms with Gasteiger partial charge in [0.05, 0.1) is 13.2 Å². The van der Waals surface area contributed by atoms with Crippen LogP contribution >= 0.6 is 0 Å². The number of benzene rings is 1. The highest BCUT2D eigenvalue weighted by molar-refractivity contribution is 5.83. The first-order valence-corrected chi connectivity index (χ1v) is 7.19. The topological polar surface area (TPSA) is 67.9 Å². The summed E-state index contributed by atoms with van der Waals surface area (Å²) in [7, 11) is 0. The van der Waals surface area contributed by atoms with Crippen molar-refractivity contribution in [1.82, 2.24) is 0 Å². The average molecular weight is 365 g/mol. The van der Waals surface area contributed by atoms with Crippen molar-refractivity contribution in [2.24, 2.45) is 10.7 Å². The van der Waals surface area contributed by atoms with Crippen LogP contribution in [-0.2, 0) is 15.1 Å². The first-order valence-electron chi connectivity index (χ1n) is 7.19. The number of anilines is 1. The lowest BCUT2D eigenvalue weighted by molar-refractivity contribution is -0.126. The van der Waals surface area contributed by atoms with Gasteiger partial charge >= 0.3 is 12.3 Å². The Kier molecular flexibility index (Phi) is 5.31. The normalized spacial score (nSPS) is 21.2. The van der Waals surface area contributed by atoms with Gasteiger partial charge in [-0.3, -0.25) is 9.79 Å². The van der Waals surface area contributed by atoms with Gasteiger partial charge in [0.15, 0.2) is 0 Å². The predicted octanol–water partition coefficient (Wildman–Crippen LogP) is 2.29. The molecule has 0 radical (unpaired) electrons. The van der Waals surface area contributed by atoms with E-state index in [9.17, 15) is 26.7 Å². The summed E-state index contributed by atoms with van der Waals surface area (Å²) in [6.45, 7) is 0.0123. The standard InChI is InChI=1S/C15H16F5N3O2/c1-14(7-25-5-12(21)22-14)10-4-9(2-3-11(10)16)23(8-24)6-15(19,20)13(17)18/h2-4,8,13H,5-7H2,1H3,(H2,21,22)/t14-/m0/s1. The van der Waals surface area contributed by atoms with Crippen LogP contribution in [0.4, 0.5) is 27.6 Å². The van der Waals surface area contributed by atoms with Gasteiger partial charge in [-0.1, -0.05) is 0 Å². The number of amidine groups is 1. The Morgan fingerprint density at radius 1 is 1.48 bits per heavy atom. The van der Waals surface area contributed by atoms with Crippen LogP contribution in [0.25, 0.3) is 0 Å². The summed E-state index contributed by atoms with van der Waals surface area (Å²) in [4.78, 5) is 15.6. The van der Waals surface area contributed by atoms with Crippen molar-refractivity contribution in [2.75, 3.05) is 24.7 Å². The number of rotatable bonds is 6. The predicted molar refractivity (Wildman–Crippen MR) is 80.6 cm³/mol. The molecular weight excluding hydrogens is 349 g/mol. The maximum Gasteiger partial charge on any atom is 0.324 e. The number of amides is 1. The summed E-state index contributed by atoms with van der Waals surface area (Å²) in [6.07, 6.45) is -3.96. The highest BCUT2D eigenvalue weighted by Crippen LogP contribution is 2.34. The van der Waals surface area contributed by atoms with E-state index in [1.54, 1.807) is 0 Å². The molecule has 1 aromatic rings. The first kappa shape index (κ1) is 19.1. The molecule has 0 spiro atoms. The highest BCUT2D eigenvalue weighted by Gasteiger charge is 2.43. The molecule has 1 amide bonds. The molecule has 1 atom stereocenters. The Hall–Kier alpha value is -2.23. The van der Waals surface area contributed by atoms with Crippen LogP contribution in [0, 0.1) is 5.82 Å². The first-order chi connectivity index (χ1) is 11.6. The molecule has 2 rings (SSSR count). The van der Waals surface area contributed by atoms with Crippen molar-refractivity contribution in [2.45, 2.75) is 24.8 Å². The largest absolute Gasteiger partial charge is 0.386 e. The monoisotopic (exact) mass is 365 g/mol. The van der Waals surface area contributed by atoms with Crippen molar-refractivity contribution < 1.29 is 31.5 Å². The van der Waals surface area contributed by atoms with E-state index in [4.69, 9.17) is 10.5 Å². The van der Waals surface area contributed by atoms with Crippen LogP contribution < -0.4 is 10.6 Å². The van der Waals surface area contributed by atoms with Gasteiger partial charge in [0.1, 0.15) is 23.8 Å². The van der Waals surface area contributed by atoms with Crippen molar-refractivity contribution in [3.8, 4) is 0 Å². The fourth-order valence-corrected chi connectivity index (χ4v) is 2.46. The summed E-state index contributed by atoms with van der Waals surface area (Å²) >= 11 is 0. The Labute approximate surface area is 140 Å².